The average Bonchev–Trinajstić information content (AvgIpc) is 3.09. The standard InChI is InChI=1S/C21H28N2O3/c24-18-9-4-6-16(14-18)19(25)22-13-11-21(15-22)10-5-12-23(20(21)26)17-7-2-1-3-8-17/h4,6,9,14,17,24H,1-3,5,7-8,10-13,15H2/t21-/m1/s1. The fourth-order valence-electron chi connectivity index (χ4n) is 5.09. The summed E-state index contributed by atoms with van der Waals surface area (Å²) in [6.45, 7) is 2.02. The van der Waals surface area contributed by atoms with Crippen LogP contribution in [0.3, 0.4) is 0 Å². The van der Waals surface area contributed by atoms with Crippen molar-refractivity contribution in [3.05, 3.63) is 29.8 Å². The molecule has 1 N–H and O–H groups in total. The number of likely N-dealkylation sites (tertiary alicyclic amines) is 2. The van der Waals surface area contributed by atoms with Crippen molar-refractivity contribution in [1.29, 1.82) is 0 Å². The Labute approximate surface area is 155 Å². The van der Waals surface area contributed by atoms with E-state index in [1.807, 2.05) is 0 Å². The minimum atomic E-state index is -0.387. The van der Waals surface area contributed by atoms with Gasteiger partial charge in [-0.15, -0.1) is 0 Å². The number of rotatable bonds is 2. The lowest BCUT2D eigenvalue weighted by Gasteiger charge is -2.44. The number of phenols is 1. The highest BCUT2D eigenvalue weighted by molar-refractivity contribution is 5.96. The summed E-state index contributed by atoms with van der Waals surface area (Å²) < 4.78 is 0. The molecule has 1 spiro atoms. The third kappa shape index (κ3) is 3.08. The third-order valence-corrected chi connectivity index (χ3v) is 6.52. The Kier molecular flexibility index (Phi) is 4.63. The Bertz CT molecular complexity index is 698. The van der Waals surface area contributed by atoms with Crippen LogP contribution in [0.15, 0.2) is 24.3 Å². The van der Waals surface area contributed by atoms with Crippen LogP contribution in [0.4, 0.5) is 0 Å². The minimum Gasteiger partial charge on any atom is -0.508 e. The summed E-state index contributed by atoms with van der Waals surface area (Å²) in [6, 6.07) is 6.89. The molecule has 0 bridgehead atoms. The maximum absolute atomic E-state index is 13.4. The first-order valence-electron chi connectivity index (χ1n) is 9.98. The molecule has 4 rings (SSSR count). The molecule has 2 amide bonds. The lowest BCUT2D eigenvalue weighted by molar-refractivity contribution is -0.149. The molecule has 5 heteroatoms. The molecule has 0 aromatic heterocycles. The monoisotopic (exact) mass is 356 g/mol. The van der Waals surface area contributed by atoms with Gasteiger partial charge in [0.05, 0.1) is 5.41 Å². The highest BCUT2D eigenvalue weighted by Gasteiger charge is 2.50. The summed E-state index contributed by atoms with van der Waals surface area (Å²) in [4.78, 5) is 30.1. The minimum absolute atomic E-state index is 0.0830. The van der Waals surface area contributed by atoms with Crippen molar-refractivity contribution >= 4 is 11.8 Å². The Balaban J connectivity index is 1.49. The molecule has 0 radical (unpaired) electrons. The fourth-order valence-corrected chi connectivity index (χ4v) is 5.09. The van der Waals surface area contributed by atoms with Gasteiger partial charge in [-0.3, -0.25) is 9.59 Å². The maximum atomic E-state index is 13.4. The molecule has 3 fully saturated rings. The highest BCUT2D eigenvalue weighted by atomic mass is 16.3. The Morgan fingerprint density at radius 1 is 1.08 bits per heavy atom. The Morgan fingerprint density at radius 3 is 2.65 bits per heavy atom. The second-order valence-corrected chi connectivity index (χ2v) is 8.20. The summed E-state index contributed by atoms with van der Waals surface area (Å²) in [6.07, 6.45) is 8.69. The predicted molar refractivity (Wildman–Crippen MR) is 98.9 cm³/mol. The molecule has 140 valence electrons. The molecule has 1 aromatic carbocycles. The van der Waals surface area contributed by atoms with Gasteiger partial charge < -0.3 is 14.9 Å². The van der Waals surface area contributed by atoms with Crippen LogP contribution < -0.4 is 0 Å². The number of carbonyl (C=O) groups excluding carboxylic acids is 2. The normalized spacial score (nSPS) is 27.3. The van der Waals surface area contributed by atoms with Gasteiger partial charge in [0.15, 0.2) is 0 Å². The molecule has 0 unspecified atom stereocenters. The predicted octanol–water partition coefficient (Wildman–Crippen LogP) is 3.18. The Morgan fingerprint density at radius 2 is 1.88 bits per heavy atom. The van der Waals surface area contributed by atoms with Crippen molar-refractivity contribution in [3.63, 3.8) is 0 Å². The summed E-state index contributed by atoms with van der Waals surface area (Å²) >= 11 is 0. The zero-order valence-corrected chi connectivity index (χ0v) is 15.3. The lowest BCUT2D eigenvalue weighted by atomic mass is 9.77. The molecule has 2 heterocycles. The van der Waals surface area contributed by atoms with E-state index in [0.717, 1.165) is 38.6 Å². The zero-order chi connectivity index (χ0) is 18.1. The second kappa shape index (κ2) is 6.93. The van der Waals surface area contributed by atoms with Gasteiger partial charge in [0, 0.05) is 31.2 Å². The fraction of sp³-hybridized carbons (Fsp3) is 0.619. The lowest BCUT2D eigenvalue weighted by Crippen LogP contribution is -2.54. The zero-order valence-electron chi connectivity index (χ0n) is 15.3. The van der Waals surface area contributed by atoms with Crippen LogP contribution in [-0.4, -0.2) is 52.4 Å². The molecule has 1 saturated carbocycles. The molecular formula is C21H28N2O3. The molecule has 5 nitrogen and oxygen atoms in total. The van der Waals surface area contributed by atoms with E-state index in [9.17, 15) is 14.7 Å². The summed E-state index contributed by atoms with van der Waals surface area (Å²) in [5.41, 5.74) is 0.108. The molecule has 26 heavy (non-hydrogen) atoms. The van der Waals surface area contributed by atoms with Crippen molar-refractivity contribution < 1.29 is 14.7 Å². The first-order valence-corrected chi connectivity index (χ1v) is 9.98. The van der Waals surface area contributed by atoms with Gasteiger partial charge in [0.1, 0.15) is 5.75 Å². The van der Waals surface area contributed by atoms with Gasteiger partial charge in [-0.05, 0) is 50.3 Å². The van der Waals surface area contributed by atoms with Gasteiger partial charge in [0.25, 0.3) is 5.91 Å². The number of nitrogens with zero attached hydrogens (tertiary/aromatic N) is 2. The number of benzene rings is 1. The SMILES string of the molecule is O=C(c1cccc(O)c1)N1CC[C@]2(CCCN(C3CCCCC3)C2=O)C1. The van der Waals surface area contributed by atoms with Gasteiger partial charge in [-0.1, -0.05) is 25.3 Å². The smallest absolute Gasteiger partial charge is 0.254 e. The third-order valence-electron chi connectivity index (χ3n) is 6.52. The molecule has 1 aromatic rings. The molecule has 2 saturated heterocycles. The van der Waals surface area contributed by atoms with E-state index in [1.165, 1.54) is 25.3 Å². The van der Waals surface area contributed by atoms with E-state index in [-0.39, 0.29) is 23.0 Å². The van der Waals surface area contributed by atoms with Gasteiger partial charge in [-0.2, -0.15) is 0 Å². The summed E-state index contributed by atoms with van der Waals surface area (Å²) in [5.74, 6) is 0.296. The highest BCUT2D eigenvalue weighted by Crippen LogP contribution is 2.42. The molecule has 3 aliphatic rings. The van der Waals surface area contributed by atoms with Crippen molar-refractivity contribution in [2.24, 2.45) is 5.41 Å². The van der Waals surface area contributed by atoms with Crippen LogP contribution in [0.2, 0.25) is 0 Å². The van der Waals surface area contributed by atoms with E-state index < -0.39 is 0 Å². The van der Waals surface area contributed by atoms with Crippen molar-refractivity contribution in [2.75, 3.05) is 19.6 Å². The molecule has 1 aliphatic carbocycles. The number of carbonyl (C=O) groups is 2. The first kappa shape index (κ1) is 17.4. The van der Waals surface area contributed by atoms with E-state index in [2.05, 4.69) is 4.90 Å². The van der Waals surface area contributed by atoms with Crippen LogP contribution in [0.25, 0.3) is 0 Å². The maximum Gasteiger partial charge on any atom is 0.254 e. The number of piperidine rings is 1. The van der Waals surface area contributed by atoms with E-state index >= 15 is 0 Å². The van der Waals surface area contributed by atoms with E-state index in [1.54, 1.807) is 23.1 Å². The quantitative estimate of drug-likeness (QED) is 0.885. The van der Waals surface area contributed by atoms with Crippen LogP contribution in [0.5, 0.6) is 5.75 Å². The van der Waals surface area contributed by atoms with Crippen LogP contribution in [0, 0.1) is 5.41 Å². The largest absolute Gasteiger partial charge is 0.508 e. The molecule has 1 atom stereocenters. The van der Waals surface area contributed by atoms with E-state index in [0.29, 0.717) is 24.7 Å². The van der Waals surface area contributed by atoms with Crippen LogP contribution in [0.1, 0.15) is 61.7 Å². The summed E-state index contributed by atoms with van der Waals surface area (Å²) in [5, 5.41) is 9.64. The number of hydrogen-bond acceptors (Lipinski definition) is 3. The molecular weight excluding hydrogens is 328 g/mol. The Hall–Kier alpha value is -2.04. The number of aromatic hydroxyl groups is 1. The average molecular weight is 356 g/mol. The van der Waals surface area contributed by atoms with Gasteiger partial charge in [-0.25, -0.2) is 0 Å². The van der Waals surface area contributed by atoms with Gasteiger partial charge >= 0.3 is 0 Å². The van der Waals surface area contributed by atoms with Crippen molar-refractivity contribution in [2.45, 2.75) is 57.4 Å². The first-order chi connectivity index (χ1) is 12.6. The van der Waals surface area contributed by atoms with Crippen LogP contribution in [-0.2, 0) is 4.79 Å². The number of phenolic OH excluding ortho intramolecular Hbond substituents is 1. The molecule has 2 aliphatic heterocycles. The van der Waals surface area contributed by atoms with Crippen LogP contribution >= 0.6 is 0 Å². The topological polar surface area (TPSA) is 60.9 Å². The number of amides is 2. The van der Waals surface area contributed by atoms with Crippen molar-refractivity contribution in [1.82, 2.24) is 9.80 Å². The van der Waals surface area contributed by atoms with Gasteiger partial charge in [0.2, 0.25) is 5.91 Å². The number of hydrogen-bond donors (Lipinski definition) is 1. The van der Waals surface area contributed by atoms with E-state index in [4.69, 9.17) is 0 Å². The van der Waals surface area contributed by atoms with Crippen molar-refractivity contribution in [3.8, 4) is 5.75 Å². The second-order valence-electron chi connectivity index (χ2n) is 8.20. The summed E-state index contributed by atoms with van der Waals surface area (Å²) in [7, 11) is 0.